The fourth-order valence-electron chi connectivity index (χ4n) is 1.91. The Bertz CT molecular complexity index is 665. The molecule has 0 atom stereocenters. The molecule has 0 fully saturated rings. The predicted molar refractivity (Wildman–Crippen MR) is 86.0 cm³/mol. The molecule has 108 valence electrons. The Labute approximate surface area is 124 Å². The Morgan fingerprint density at radius 1 is 1.29 bits per heavy atom. The highest BCUT2D eigenvalue weighted by atomic mass is 16.1. The molecule has 0 unspecified atom stereocenters. The van der Waals surface area contributed by atoms with Crippen molar-refractivity contribution in [3.63, 3.8) is 0 Å². The monoisotopic (exact) mass is 281 g/mol. The van der Waals surface area contributed by atoms with E-state index < -0.39 is 0 Å². The third-order valence-corrected chi connectivity index (χ3v) is 3.07. The van der Waals surface area contributed by atoms with Gasteiger partial charge in [-0.15, -0.1) is 6.58 Å². The van der Waals surface area contributed by atoms with E-state index >= 15 is 0 Å². The lowest BCUT2D eigenvalue weighted by molar-refractivity contribution is 0.0953. The maximum absolute atomic E-state index is 11.9. The second-order valence-electron chi connectivity index (χ2n) is 4.87. The first-order chi connectivity index (χ1) is 10.1. The maximum atomic E-state index is 11.9. The summed E-state index contributed by atoms with van der Waals surface area (Å²) in [7, 11) is 0. The number of nitrogens with zero attached hydrogens (tertiary/aromatic N) is 1. The fourth-order valence-corrected chi connectivity index (χ4v) is 1.91. The van der Waals surface area contributed by atoms with Crippen molar-refractivity contribution in [1.29, 1.82) is 0 Å². The Morgan fingerprint density at radius 2 is 2.10 bits per heavy atom. The smallest absolute Gasteiger partial charge is 0.270 e. The van der Waals surface area contributed by atoms with Crippen molar-refractivity contribution >= 4 is 17.3 Å². The molecule has 1 aromatic carbocycles. The van der Waals surface area contributed by atoms with Gasteiger partial charge in [0.25, 0.3) is 5.91 Å². The molecule has 1 aromatic heterocycles. The number of rotatable bonds is 5. The molecule has 4 heteroatoms. The van der Waals surface area contributed by atoms with E-state index in [9.17, 15) is 4.79 Å². The van der Waals surface area contributed by atoms with Crippen LogP contribution in [0, 0.1) is 13.8 Å². The van der Waals surface area contributed by atoms with Gasteiger partial charge in [0.05, 0.1) is 0 Å². The first-order valence-corrected chi connectivity index (χ1v) is 6.79. The Balaban J connectivity index is 2.19. The zero-order valence-electron chi connectivity index (χ0n) is 12.3. The van der Waals surface area contributed by atoms with Gasteiger partial charge in [-0.1, -0.05) is 18.2 Å². The number of hydrogen-bond donors (Lipinski definition) is 2. The van der Waals surface area contributed by atoms with E-state index in [1.54, 1.807) is 18.3 Å². The molecule has 4 nitrogen and oxygen atoms in total. The number of anilines is 2. The molecule has 0 saturated heterocycles. The van der Waals surface area contributed by atoms with Gasteiger partial charge in [-0.3, -0.25) is 9.78 Å². The number of amides is 1. The van der Waals surface area contributed by atoms with Gasteiger partial charge in [-0.25, -0.2) is 0 Å². The fraction of sp³-hybridized carbons (Fsp3) is 0.176. The molecule has 0 bridgehead atoms. The van der Waals surface area contributed by atoms with E-state index in [1.165, 1.54) is 5.56 Å². The second-order valence-corrected chi connectivity index (χ2v) is 4.87. The highest BCUT2D eigenvalue weighted by Gasteiger charge is 2.07. The van der Waals surface area contributed by atoms with Crippen molar-refractivity contribution < 1.29 is 4.79 Å². The summed E-state index contributed by atoms with van der Waals surface area (Å²) >= 11 is 0. The van der Waals surface area contributed by atoms with Gasteiger partial charge >= 0.3 is 0 Å². The zero-order chi connectivity index (χ0) is 15.2. The third kappa shape index (κ3) is 3.92. The van der Waals surface area contributed by atoms with Crippen LogP contribution in [0.1, 0.15) is 21.6 Å². The Hall–Kier alpha value is -2.62. The lowest BCUT2D eigenvalue weighted by atomic mass is 10.1. The molecule has 0 radical (unpaired) electrons. The second kappa shape index (κ2) is 6.70. The van der Waals surface area contributed by atoms with E-state index in [4.69, 9.17) is 0 Å². The summed E-state index contributed by atoms with van der Waals surface area (Å²) in [5, 5.41) is 6.04. The van der Waals surface area contributed by atoms with Crippen LogP contribution in [0.2, 0.25) is 0 Å². The molecule has 21 heavy (non-hydrogen) atoms. The quantitative estimate of drug-likeness (QED) is 0.826. The van der Waals surface area contributed by atoms with Gasteiger partial charge < -0.3 is 10.6 Å². The summed E-state index contributed by atoms with van der Waals surface area (Å²) in [5.41, 5.74) is 4.57. The molecule has 0 aliphatic carbocycles. The normalized spacial score (nSPS) is 10.0. The van der Waals surface area contributed by atoms with Gasteiger partial charge in [-0.05, 0) is 43.2 Å². The van der Waals surface area contributed by atoms with Crippen LogP contribution in [0.15, 0.2) is 49.2 Å². The lowest BCUT2D eigenvalue weighted by Gasteiger charge is -2.11. The lowest BCUT2D eigenvalue weighted by Crippen LogP contribution is -2.24. The molecule has 2 aromatic rings. The van der Waals surface area contributed by atoms with Crippen LogP contribution < -0.4 is 10.6 Å². The number of nitrogens with one attached hydrogen (secondary N) is 2. The summed E-state index contributed by atoms with van der Waals surface area (Å²) in [5.74, 6) is -0.209. The standard InChI is InChI=1S/C17H19N3O/c1-4-8-19-17(21)16-11-14(7-9-18-16)20-15-10-12(2)5-6-13(15)3/h4-7,9-11H,1,8H2,2-3H3,(H,18,20)(H,19,21). The van der Waals surface area contributed by atoms with E-state index in [0.717, 1.165) is 16.9 Å². The van der Waals surface area contributed by atoms with Crippen molar-refractivity contribution in [1.82, 2.24) is 10.3 Å². The van der Waals surface area contributed by atoms with E-state index in [-0.39, 0.29) is 5.91 Å². The molecule has 0 spiro atoms. The summed E-state index contributed by atoms with van der Waals surface area (Å²) < 4.78 is 0. The number of hydrogen-bond acceptors (Lipinski definition) is 3. The van der Waals surface area contributed by atoms with Gasteiger partial charge in [0.1, 0.15) is 5.69 Å². The zero-order valence-corrected chi connectivity index (χ0v) is 12.3. The van der Waals surface area contributed by atoms with E-state index in [2.05, 4.69) is 40.4 Å². The molecule has 0 aliphatic rings. The Morgan fingerprint density at radius 3 is 2.86 bits per heavy atom. The number of aromatic nitrogens is 1. The summed E-state index contributed by atoms with van der Waals surface area (Å²) in [6, 6.07) is 9.79. The van der Waals surface area contributed by atoms with Crippen LogP contribution in [0.3, 0.4) is 0 Å². The minimum atomic E-state index is -0.209. The van der Waals surface area contributed by atoms with Crippen LogP contribution >= 0.6 is 0 Å². The van der Waals surface area contributed by atoms with Crippen LogP contribution in [-0.2, 0) is 0 Å². The van der Waals surface area contributed by atoms with Gasteiger partial charge in [-0.2, -0.15) is 0 Å². The summed E-state index contributed by atoms with van der Waals surface area (Å²) in [6.07, 6.45) is 3.26. The van der Waals surface area contributed by atoms with E-state index in [1.807, 2.05) is 19.9 Å². The van der Waals surface area contributed by atoms with Crippen molar-refractivity contribution in [3.8, 4) is 0 Å². The molecule has 0 saturated carbocycles. The number of carbonyl (C=O) groups excluding carboxylic acids is 1. The van der Waals surface area contributed by atoms with Crippen LogP contribution in [0.4, 0.5) is 11.4 Å². The summed E-state index contributed by atoms with van der Waals surface area (Å²) in [6.45, 7) is 8.09. The maximum Gasteiger partial charge on any atom is 0.270 e. The summed E-state index contributed by atoms with van der Waals surface area (Å²) in [4.78, 5) is 16.0. The molecule has 0 aliphatic heterocycles. The number of carbonyl (C=O) groups is 1. The predicted octanol–water partition coefficient (Wildman–Crippen LogP) is 3.36. The molecular formula is C17H19N3O. The molecule has 2 rings (SSSR count). The van der Waals surface area contributed by atoms with Gasteiger partial charge in [0.2, 0.25) is 0 Å². The highest BCUT2D eigenvalue weighted by Crippen LogP contribution is 2.21. The minimum Gasteiger partial charge on any atom is -0.355 e. The average Bonchev–Trinajstić information content (AvgIpc) is 2.49. The van der Waals surface area contributed by atoms with Crippen LogP contribution in [-0.4, -0.2) is 17.4 Å². The highest BCUT2D eigenvalue weighted by molar-refractivity contribution is 5.93. The molecule has 1 heterocycles. The van der Waals surface area contributed by atoms with Crippen molar-refractivity contribution in [2.45, 2.75) is 13.8 Å². The number of pyridine rings is 1. The SMILES string of the molecule is C=CCNC(=O)c1cc(Nc2cc(C)ccc2C)ccn1. The van der Waals surface area contributed by atoms with Gasteiger partial charge in [0, 0.05) is 24.1 Å². The van der Waals surface area contributed by atoms with Crippen LogP contribution in [0.25, 0.3) is 0 Å². The van der Waals surface area contributed by atoms with Crippen LogP contribution in [0.5, 0.6) is 0 Å². The minimum absolute atomic E-state index is 0.209. The largest absolute Gasteiger partial charge is 0.355 e. The average molecular weight is 281 g/mol. The molecular weight excluding hydrogens is 262 g/mol. The van der Waals surface area contributed by atoms with Crippen molar-refractivity contribution in [2.75, 3.05) is 11.9 Å². The number of aryl methyl sites for hydroxylation is 2. The Kier molecular flexibility index (Phi) is 4.72. The first-order valence-electron chi connectivity index (χ1n) is 6.79. The van der Waals surface area contributed by atoms with E-state index in [0.29, 0.717) is 12.2 Å². The number of benzene rings is 1. The molecule has 2 N–H and O–H groups in total. The first kappa shape index (κ1) is 14.8. The van der Waals surface area contributed by atoms with Crippen molar-refractivity contribution in [3.05, 3.63) is 66.0 Å². The molecule has 1 amide bonds. The van der Waals surface area contributed by atoms with Crippen molar-refractivity contribution in [2.24, 2.45) is 0 Å². The topological polar surface area (TPSA) is 54.0 Å². The van der Waals surface area contributed by atoms with Gasteiger partial charge in [0.15, 0.2) is 0 Å². The third-order valence-electron chi connectivity index (χ3n) is 3.07.